The molecule has 2 aromatic carbocycles. The summed E-state index contributed by atoms with van der Waals surface area (Å²) in [6.45, 7) is 17.7. The molecular weight excluding hydrogens is 554 g/mol. The Labute approximate surface area is 261 Å². The summed E-state index contributed by atoms with van der Waals surface area (Å²) in [6.07, 6.45) is 4.33. The number of hydrogen-bond acceptors (Lipinski definition) is 5. The van der Waals surface area contributed by atoms with E-state index in [-0.39, 0.29) is 43.3 Å². The van der Waals surface area contributed by atoms with Crippen molar-refractivity contribution in [3.05, 3.63) is 85.0 Å². The van der Waals surface area contributed by atoms with E-state index < -0.39 is 35.1 Å². The Balaban J connectivity index is 1.66. The van der Waals surface area contributed by atoms with Crippen molar-refractivity contribution >= 4 is 29.1 Å². The van der Waals surface area contributed by atoms with Crippen molar-refractivity contribution in [2.45, 2.75) is 70.7 Å². The SMILES string of the molecule is C=CCN(C(=O)[C@H]1[C@H]2C(=O)N([C@@H](CO)C(C)C)C(C(=O)N(CC=C)c3cc(C)ccc3C)C23CC[C@]1(C)O3)c1ccccc1. The lowest BCUT2D eigenvalue weighted by atomic mass is 9.66. The zero-order valence-electron chi connectivity index (χ0n) is 26.5. The molecule has 3 aliphatic rings. The second-order valence-corrected chi connectivity index (χ2v) is 13.1. The molecule has 3 aliphatic heterocycles. The number of ether oxygens (including phenoxy) is 1. The number of aliphatic hydroxyl groups is 1. The number of rotatable bonds is 11. The van der Waals surface area contributed by atoms with Crippen LogP contribution in [0.4, 0.5) is 11.4 Å². The Bertz CT molecular complexity index is 1460. The van der Waals surface area contributed by atoms with Crippen LogP contribution >= 0.6 is 0 Å². The van der Waals surface area contributed by atoms with Gasteiger partial charge in [-0.2, -0.15) is 0 Å². The first-order valence-electron chi connectivity index (χ1n) is 15.6. The summed E-state index contributed by atoms with van der Waals surface area (Å²) in [7, 11) is 0. The van der Waals surface area contributed by atoms with Gasteiger partial charge in [0, 0.05) is 24.5 Å². The minimum Gasteiger partial charge on any atom is -0.394 e. The summed E-state index contributed by atoms with van der Waals surface area (Å²) in [5.41, 5.74) is 1.19. The van der Waals surface area contributed by atoms with Crippen molar-refractivity contribution in [1.29, 1.82) is 0 Å². The number of para-hydroxylation sites is 1. The van der Waals surface area contributed by atoms with Gasteiger partial charge in [0.25, 0.3) is 5.91 Å². The van der Waals surface area contributed by atoms with E-state index in [1.54, 1.807) is 26.9 Å². The van der Waals surface area contributed by atoms with Gasteiger partial charge in [-0.3, -0.25) is 14.4 Å². The summed E-state index contributed by atoms with van der Waals surface area (Å²) >= 11 is 0. The van der Waals surface area contributed by atoms with Crippen LogP contribution in [0.5, 0.6) is 0 Å². The molecule has 6 atom stereocenters. The second-order valence-electron chi connectivity index (χ2n) is 13.1. The molecule has 3 saturated heterocycles. The van der Waals surface area contributed by atoms with Crippen LogP contribution in [-0.4, -0.2) is 70.7 Å². The van der Waals surface area contributed by atoms with Crippen molar-refractivity contribution in [1.82, 2.24) is 4.90 Å². The summed E-state index contributed by atoms with van der Waals surface area (Å²) in [5, 5.41) is 10.6. The fourth-order valence-corrected chi connectivity index (χ4v) is 7.82. The minimum atomic E-state index is -1.22. The number of carbonyl (C=O) groups is 3. The van der Waals surface area contributed by atoms with Gasteiger partial charge < -0.3 is 24.5 Å². The summed E-state index contributed by atoms with van der Waals surface area (Å²) < 4.78 is 6.91. The van der Waals surface area contributed by atoms with Gasteiger partial charge in [-0.25, -0.2) is 0 Å². The van der Waals surface area contributed by atoms with E-state index in [9.17, 15) is 19.5 Å². The highest BCUT2D eigenvalue weighted by atomic mass is 16.5. The third kappa shape index (κ3) is 4.88. The molecular formula is C36H45N3O5. The van der Waals surface area contributed by atoms with E-state index in [1.807, 2.05) is 83.1 Å². The standard InChI is InChI=1S/C36H45N3O5/c1-8-19-37(26-13-11-10-12-14-26)32(41)29-30-33(42)39(28(22-40)23(3)4)31(36(30)18-17-35(29,7)44-36)34(43)38(20-9-2)27-21-24(5)15-16-25(27)6/h8-16,21,23,28-31,40H,1-2,17-20,22H2,3-7H3/t28-,29+,30-,31?,35-,36?/m0/s1. The molecule has 5 rings (SSSR count). The van der Waals surface area contributed by atoms with Crippen LogP contribution < -0.4 is 9.80 Å². The molecule has 3 amide bonds. The van der Waals surface area contributed by atoms with E-state index in [4.69, 9.17) is 4.74 Å². The number of benzene rings is 2. The highest BCUT2D eigenvalue weighted by Crippen LogP contribution is 2.64. The molecule has 0 aromatic heterocycles. The summed E-state index contributed by atoms with van der Waals surface area (Å²) in [6, 6.07) is 13.6. The predicted molar refractivity (Wildman–Crippen MR) is 172 cm³/mol. The van der Waals surface area contributed by atoms with Crippen LogP contribution in [0.3, 0.4) is 0 Å². The predicted octanol–water partition coefficient (Wildman–Crippen LogP) is 4.82. The van der Waals surface area contributed by atoms with Crippen LogP contribution in [0, 0.1) is 31.6 Å². The van der Waals surface area contributed by atoms with Crippen molar-refractivity contribution in [3.8, 4) is 0 Å². The first-order valence-corrected chi connectivity index (χ1v) is 15.6. The monoisotopic (exact) mass is 599 g/mol. The number of aliphatic hydroxyl groups excluding tert-OH is 1. The molecule has 8 heteroatoms. The number of carbonyl (C=O) groups excluding carboxylic acids is 3. The molecule has 8 nitrogen and oxygen atoms in total. The Kier molecular flexibility index (Phi) is 8.62. The van der Waals surface area contributed by atoms with E-state index in [1.165, 1.54) is 0 Å². The fourth-order valence-electron chi connectivity index (χ4n) is 7.82. The van der Waals surface area contributed by atoms with E-state index >= 15 is 0 Å². The lowest BCUT2D eigenvalue weighted by Crippen LogP contribution is -2.60. The van der Waals surface area contributed by atoms with Crippen LogP contribution in [0.2, 0.25) is 0 Å². The average molecular weight is 600 g/mol. The topological polar surface area (TPSA) is 90.4 Å². The maximum absolute atomic E-state index is 15.0. The van der Waals surface area contributed by atoms with Crippen LogP contribution in [0.25, 0.3) is 0 Å². The van der Waals surface area contributed by atoms with Gasteiger partial charge in [0.1, 0.15) is 11.6 Å². The third-order valence-electron chi connectivity index (χ3n) is 9.91. The summed E-state index contributed by atoms with van der Waals surface area (Å²) in [4.78, 5) is 49.2. The molecule has 0 aliphatic carbocycles. The molecule has 2 aromatic rings. The van der Waals surface area contributed by atoms with E-state index in [0.29, 0.717) is 18.5 Å². The number of amides is 3. The molecule has 3 fully saturated rings. The van der Waals surface area contributed by atoms with Gasteiger partial charge in [0.15, 0.2) is 0 Å². The van der Waals surface area contributed by atoms with E-state index in [2.05, 4.69) is 13.2 Å². The first-order chi connectivity index (χ1) is 21.0. The smallest absolute Gasteiger partial charge is 0.253 e. The maximum Gasteiger partial charge on any atom is 0.253 e. The van der Waals surface area contributed by atoms with Crippen LogP contribution in [0.1, 0.15) is 44.7 Å². The van der Waals surface area contributed by atoms with Crippen molar-refractivity contribution < 1.29 is 24.2 Å². The molecule has 2 unspecified atom stereocenters. The summed E-state index contributed by atoms with van der Waals surface area (Å²) in [5.74, 6) is -2.68. The van der Waals surface area contributed by atoms with Gasteiger partial charge in [0.05, 0.1) is 30.1 Å². The van der Waals surface area contributed by atoms with Crippen molar-refractivity contribution in [2.75, 3.05) is 29.5 Å². The number of fused-ring (bicyclic) bond motifs is 1. The van der Waals surface area contributed by atoms with Gasteiger partial charge >= 0.3 is 0 Å². The quantitative estimate of drug-likeness (QED) is 0.374. The zero-order chi connectivity index (χ0) is 32.0. The minimum absolute atomic E-state index is 0.147. The number of hydrogen-bond donors (Lipinski definition) is 1. The van der Waals surface area contributed by atoms with Gasteiger partial charge in [0.2, 0.25) is 11.8 Å². The molecule has 0 radical (unpaired) electrons. The highest BCUT2D eigenvalue weighted by Gasteiger charge is 2.79. The van der Waals surface area contributed by atoms with Gasteiger partial charge in [-0.15, -0.1) is 13.2 Å². The number of nitrogens with zero attached hydrogens (tertiary/aromatic N) is 3. The zero-order valence-corrected chi connectivity index (χ0v) is 26.5. The Morgan fingerprint density at radius 3 is 2.32 bits per heavy atom. The van der Waals surface area contributed by atoms with Crippen molar-refractivity contribution in [2.24, 2.45) is 17.8 Å². The lowest BCUT2D eigenvalue weighted by Gasteiger charge is -2.41. The second kappa shape index (κ2) is 12.0. The van der Waals surface area contributed by atoms with Gasteiger partial charge in [-0.05, 0) is 68.9 Å². The third-order valence-corrected chi connectivity index (χ3v) is 9.91. The normalized spacial score (nSPS) is 27.8. The maximum atomic E-state index is 15.0. The molecule has 234 valence electrons. The molecule has 3 heterocycles. The Morgan fingerprint density at radius 1 is 1.05 bits per heavy atom. The largest absolute Gasteiger partial charge is 0.394 e. The molecule has 2 bridgehead atoms. The van der Waals surface area contributed by atoms with Crippen LogP contribution in [0.15, 0.2) is 73.8 Å². The fraction of sp³-hybridized carbons (Fsp3) is 0.472. The lowest BCUT2D eigenvalue weighted by molar-refractivity contribution is -0.149. The number of aryl methyl sites for hydroxylation is 2. The van der Waals surface area contributed by atoms with Gasteiger partial charge in [-0.1, -0.05) is 56.3 Å². The first kappa shape index (κ1) is 31.7. The molecule has 0 saturated carbocycles. The molecule has 1 N–H and O–H groups in total. The Hall–Kier alpha value is -3.75. The van der Waals surface area contributed by atoms with Crippen molar-refractivity contribution in [3.63, 3.8) is 0 Å². The number of likely N-dealkylation sites (tertiary alicyclic amines) is 1. The van der Waals surface area contributed by atoms with Crippen LogP contribution in [-0.2, 0) is 19.1 Å². The Morgan fingerprint density at radius 2 is 1.70 bits per heavy atom. The van der Waals surface area contributed by atoms with E-state index in [0.717, 1.165) is 16.8 Å². The highest BCUT2D eigenvalue weighted by molar-refractivity contribution is 6.07. The average Bonchev–Trinajstić information content (AvgIpc) is 3.57. The number of anilines is 2. The molecule has 44 heavy (non-hydrogen) atoms. The molecule has 1 spiro atoms.